The van der Waals surface area contributed by atoms with Crippen LogP contribution in [-0.2, 0) is 4.79 Å². The second kappa shape index (κ2) is 8.01. The maximum Gasteiger partial charge on any atom is 0.237 e. The lowest BCUT2D eigenvalue weighted by Gasteiger charge is -2.14. The maximum atomic E-state index is 13.7. The molecule has 24 heavy (non-hydrogen) atoms. The van der Waals surface area contributed by atoms with Gasteiger partial charge in [-0.3, -0.25) is 4.79 Å². The first-order chi connectivity index (χ1) is 11.4. The first-order valence-electron chi connectivity index (χ1n) is 7.09. The lowest BCUT2D eigenvalue weighted by atomic mass is 10.2. The third-order valence-electron chi connectivity index (χ3n) is 3.22. The van der Waals surface area contributed by atoms with Crippen molar-refractivity contribution in [3.8, 4) is 11.5 Å². The minimum Gasteiger partial charge on any atom is -0.493 e. The fourth-order valence-electron chi connectivity index (χ4n) is 1.97. The molecule has 2 rings (SSSR count). The van der Waals surface area contributed by atoms with Crippen molar-refractivity contribution in [3.63, 3.8) is 0 Å². The Morgan fingerprint density at radius 2 is 1.79 bits per heavy atom. The van der Waals surface area contributed by atoms with E-state index in [2.05, 4.69) is 5.32 Å². The van der Waals surface area contributed by atoms with E-state index in [4.69, 9.17) is 9.47 Å². The van der Waals surface area contributed by atoms with Crippen LogP contribution < -0.4 is 14.8 Å². The average molecular weight is 353 g/mol. The molecule has 0 saturated carbocycles. The van der Waals surface area contributed by atoms with Crippen LogP contribution in [0.3, 0.4) is 0 Å². The fourth-order valence-corrected chi connectivity index (χ4v) is 2.84. The molecule has 0 bridgehead atoms. The zero-order chi connectivity index (χ0) is 17.7. The molecule has 4 nitrogen and oxygen atoms in total. The molecule has 0 spiro atoms. The van der Waals surface area contributed by atoms with Gasteiger partial charge in [0, 0.05) is 22.7 Å². The van der Waals surface area contributed by atoms with Gasteiger partial charge >= 0.3 is 0 Å². The minimum absolute atomic E-state index is 0.214. The van der Waals surface area contributed by atoms with E-state index in [-0.39, 0.29) is 10.8 Å². The largest absolute Gasteiger partial charge is 0.493 e. The normalized spacial score (nSPS) is 11.7. The van der Waals surface area contributed by atoms with E-state index in [9.17, 15) is 13.6 Å². The average Bonchev–Trinajstić information content (AvgIpc) is 2.57. The number of nitrogens with one attached hydrogen (secondary N) is 1. The second-order valence-electron chi connectivity index (χ2n) is 4.89. The minimum atomic E-state index is -0.689. The van der Waals surface area contributed by atoms with E-state index in [1.165, 1.54) is 20.3 Å². The molecule has 1 N–H and O–H groups in total. The Balaban J connectivity index is 2.06. The SMILES string of the molecule is COc1ccc(NC(=O)[C@H](C)Sc2ccc(F)cc2F)cc1OC. The monoisotopic (exact) mass is 353 g/mol. The molecule has 128 valence electrons. The van der Waals surface area contributed by atoms with Gasteiger partial charge in [-0.2, -0.15) is 0 Å². The van der Waals surface area contributed by atoms with Gasteiger partial charge in [0.05, 0.1) is 19.5 Å². The lowest BCUT2D eigenvalue weighted by molar-refractivity contribution is -0.115. The molecule has 2 aromatic carbocycles. The zero-order valence-electron chi connectivity index (χ0n) is 13.4. The summed E-state index contributed by atoms with van der Waals surface area (Å²) in [7, 11) is 3.02. The van der Waals surface area contributed by atoms with Gasteiger partial charge < -0.3 is 14.8 Å². The molecule has 0 unspecified atom stereocenters. The maximum absolute atomic E-state index is 13.7. The Kier molecular flexibility index (Phi) is 6.03. The third kappa shape index (κ3) is 4.38. The molecule has 0 aliphatic heterocycles. The third-order valence-corrected chi connectivity index (χ3v) is 4.37. The van der Waals surface area contributed by atoms with Gasteiger partial charge in [0.15, 0.2) is 11.5 Å². The van der Waals surface area contributed by atoms with Crippen molar-refractivity contribution in [1.82, 2.24) is 0 Å². The van der Waals surface area contributed by atoms with Crippen LogP contribution in [0.2, 0.25) is 0 Å². The molecule has 0 heterocycles. The topological polar surface area (TPSA) is 47.6 Å². The quantitative estimate of drug-likeness (QED) is 0.794. The van der Waals surface area contributed by atoms with Crippen LogP contribution >= 0.6 is 11.8 Å². The number of rotatable bonds is 6. The van der Waals surface area contributed by atoms with Crippen LogP contribution in [0.15, 0.2) is 41.3 Å². The molecular formula is C17H17F2NO3S. The number of hydrogen-bond acceptors (Lipinski definition) is 4. The van der Waals surface area contributed by atoms with Gasteiger partial charge in [-0.1, -0.05) is 0 Å². The van der Waals surface area contributed by atoms with Crippen LogP contribution in [0.4, 0.5) is 14.5 Å². The fraction of sp³-hybridized carbons (Fsp3) is 0.235. The van der Waals surface area contributed by atoms with Gasteiger partial charge in [-0.05, 0) is 31.2 Å². The summed E-state index contributed by atoms with van der Waals surface area (Å²) in [5, 5.41) is 2.16. The summed E-state index contributed by atoms with van der Waals surface area (Å²) in [6, 6.07) is 8.24. The summed E-state index contributed by atoms with van der Waals surface area (Å²) in [6.07, 6.45) is 0. The van der Waals surface area contributed by atoms with Gasteiger partial charge in [0.1, 0.15) is 11.6 Å². The second-order valence-corrected chi connectivity index (χ2v) is 6.28. The van der Waals surface area contributed by atoms with E-state index < -0.39 is 16.9 Å². The zero-order valence-corrected chi connectivity index (χ0v) is 14.2. The Morgan fingerprint density at radius 1 is 1.08 bits per heavy atom. The summed E-state index contributed by atoms with van der Waals surface area (Å²) in [5.41, 5.74) is 0.532. The Morgan fingerprint density at radius 3 is 2.42 bits per heavy atom. The van der Waals surface area contributed by atoms with Crippen LogP contribution in [0.1, 0.15) is 6.92 Å². The predicted molar refractivity (Wildman–Crippen MR) is 89.9 cm³/mol. The standard InChI is InChI=1S/C17H17F2NO3S/c1-10(24-16-7-4-11(18)8-13(16)19)17(21)20-12-5-6-14(22-2)15(9-12)23-3/h4-10H,1-3H3,(H,20,21)/t10-/m0/s1. The smallest absolute Gasteiger partial charge is 0.237 e. The van der Waals surface area contributed by atoms with E-state index in [1.807, 2.05) is 0 Å². The van der Waals surface area contributed by atoms with Crippen molar-refractivity contribution >= 4 is 23.4 Å². The lowest BCUT2D eigenvalue weighted by Crippen LogP contribution is -2.22. The molecule has 0 aliphatic rings. The number of ether oxygens (including phenoxy) is 2. The van der Waals surface area contributed by atoms with E-state index in [0.717, 1.165) is 23.9 Å². The van der Waals surface area contributed by atoms with Crippen LogP contribution in [0, 0.1) is 11.6 Å². The summed E-state index contributed by atoms with van der Waals surface area (Å²) >= 11 is 1.01. The molecule has 0 saturated heterocycles. The highest BCUT2D eigenvalue weighted by Crippen LogP contribution is 2.31. The van der Waals surface area contributed by atoms with Crippen LogP contribution in [0.5, 0.6) is 11.5 Å². The number of amides is 1. The van der Waals surface area contributed by atoms with E-state index in [1.54, 1.807) is 25.1 Å². The van der Waals surface area contributed by atoms with Crippen LogP contribution in [0.25, 0.3) is 0 Å². The molecule has 0 radical (unpaired) electrons. The molecule has 0 aromatic heterocycles. The Hall–Kier alpha value is -2.28. The Labute approximate surface area is 143 Å². The highest BCUT2D eigenvalue weighted by molar-refractivity contribution is 8.00. The number of thioether (sulfide) groups is 1. The highest BCUT2D eigenvalue weighted by Gasteiger charge is 2.17. The van der Waals surface area contributed by atoms with E-state index >= 15 is 0 Å². The molecule has 2 aromatic rings. The number of carbonyl (C=O) groups is 1. The van der Waals surface area contributed by atoms with Gasteiger partial charge in [-0.25, -0.2) is 8.78 Å². The summed E-state index contributed by atoms with van der Waals surface area (Å²) < 4.78 is 36.9. The van der Waals surface area contributed by atoms with Crippen LogP contribution in [-0.4, -0.2) is 25.4 Å². The van der Waals surface area contributed by atoms with Crippen molar-refractivity contribution in [3.05, 3.63) is 48.0 Å². The van der Waals surface area contributed by atoms with E-state index in [0.29, 0.717) is 17.2 Å². The highest BCUT2D eigenvalue weighted by atomic mass is 32.2. The molecule has 1 amide bonds. The predicted octanol–water partition coefficient (Wildman–Crippen LogP) is 4.10. The molecule has 0 aliphatic carbocycles. The van der Waals surface area contributed by atoms with Crippen molar-refractivity contribution in [2.75, 3.05) is 19.5 Å². The molecule has 1 atom stereocenters. The number of carbonyl (C=O) groups excluding carboxylic acids is 1. The molecule has 0 fully saturated rings. The van der Waals surface area contributed by atoms with Crippen molar-refractivity contribution < 1.29 is 23.0 Å². The summed E-state index contributed by atoms with van der Waals surface area (Å²) in [6.45, 7) is 1.64. The molecule has 7 heteroatoms. The Bertz CT molecular complexity index is 740. The summed E-state index contributed by atoms with van der Waals surface area (Å²) in [4.78, 5) is 12.5. The number of methoxy groups -OCH3 is 2. The first-order valence-corrected chi connectivity index (χ1v) is 7.97. The van der Waals surface area contributed by atoms with Gasteiger partial charge in [0.25, 0.3) is 0 Å². The van der Waals surface area contributed by atoms with Crippen molar-refractivity contribution in [2.24, 2.45) is 0 Å². The van der Waals surface area contributed by atoms with Gasteiger partial charge in [-0.15, -0.1) is 11.8 Å². The molecular weight excluding hydrogens is 336 g/mol. The van der Waals surface area contributed by atoms with Crippen molar-refractivity contribution in [1.29, 1.82) is 0 Å². The summed E-state index contributed by atoms with van der Waals surface area (Å²) in [5.74, 6) is -0.618. The number of benzene rings is 2. The first kappa shape index (κ1) is 18.1. The number of hydrogen-bond donors (Lipinski definition) is 1. The number of halogens is 2. The number of anilines is 1. The van der Waals surface area contributed by atoms with Gasteiger partial charge in [0.2, 0.25) is 5.91 Å². The van der Waals surface area contributed by atoms with Crippen molar-refractivity contribution in [2.45, 2.75) is 17.1 Å².